The SMILES string of the molecule is CC(C)NCc1cccc(Cl)c1N1CCS(=O)(=O)CC1. The van der Waals surface area contributed by atoms with Crippen molar-refractivity contribution in [3.05, 3.63) is 28.8 Å². The summed E-state index contributed by atoms with van der Waals surface area (Å²) < 4.78 is 23.1. The van der Waals surface area contributed by atoms with Gasteiger partial charge in [-0.05, 0) is 11.6 Å². The molecule has 2 rings (SSSR count). The van der Waals surface area contributed by atoms with Crippen molar-refractivity contribution in [1.29, 1.82) is 0 Å². The molecule has 0 aromatic heterocycles. The van der Waals surface area contributed by atoms with Crippen molar-refractivity contribution in [2.45, 2.75) is 26.4 Å². The molecule has 0 spiro atoms. The van der Waals surface area contributed by atoms with E-state index in [0.717, 1.165) is 17.8 Å². The molecule has 1 aliphatic rings. The van der Waals surface area contributed by atoms with Gasteiger partial charge in [0, 0.05) is 25.7 Å². The molecule has 20 heavy (non-hydrogen) atoms. The van der Waals surface area contributed by atoms with Crippen LogP contribution in [0.2, 0.25) is 5.02 Å². The molecule has 112 valence electrons. The van der Waals surface area contributed by atoms with Gasteiger partial charge < -0.3 is 10.2 Å². The quantitative estimate of drug-likeness (QED) is 0.924. The van der Waals surface area contributed by atoms with Crippen molar-refractivity contribution < 1.29 is 8.42 Å². The molecule has 0 amide bonds. The normalized spacial score (nSPS) is 18.5. The molecule has 0 bridgehead atoms. The average Bonchev–Trinajstić information content (AvgIpc) is 2.37. The zero-order valence-electron chi connectivity index (χ0n) is 11.9. The van der Waals surface area contributed by atoms with Gasteiger partial charge in [-0.3, -0.25) is 0 Å². The highest BCUT2D eigenvalue weighted by Gasteiger charge is 2.24. The Morgan fingerprint density at radius 2 is 1.95 bits per heavy atom. The predicted molar refractivity (Wildman–Crippen MR) is 84.3 cm³/mol. The lowest BCUT2D eigenvalue weighted by Crippen LogP contribution is -2.41. The summed E-state index contributed by atoms with van der Waals surface area (Å²) in [5.41, 5.74) is 2.09. The van der Waals surface area contributed by atoms with Crippen molar-refractivity contribution in [3.63, 3.8) is 0 Å². The van der Waals surface area contributed by atoms with Crippen LogP contribution in [0.4, 0.5) is 5.69 Å². The number of halogens is 1. The van der Waals surface area contributed by atoms with E-state index in [1.807, 2.05) is 18.2 Å². The molecule has 1 N–H and O–H groups in total. The number of anilines is 1. The number of nitrogens with one attached hydrogen (secondary N) is 1. The molecule has 0 radical (unpaired) electrons. The molecule has 1 aromatic carbocycles. The lowest BCUT2D eigenvalue weighted by Gasteiger charge is -2.31. The maximum absolute atomic E-state index is 11.5. The number of rotatable bonds is 4. The Balaban J connectivity index is 2.22. The molecule has 0 aliphatic carbocycles. The van der Waals surface area contributed by atoms with Crippen LogP contribution in [-0.2, 0) is 16.4 Å². The van der Waals surface area contributed by atoms with Crippen LogP contribution in [0.5, 0.6) is 0 Å². The Kier molecular flexibility index (Phi) is 4.94. The molecule has 1 heterocycles. The van der Waals surface area contributed by atoms with E-state index in [1.165, 1.54) is 0 Å². The summed E-state index contributed by atoms with van der Waals surface area (Å²) in [6, 6.07) is 6.23. The zero-order valence-corrected chi connectivity index (χ0v) is 13.5. The minimum Gasteiger partial charge on any atom is -0.368 e. The standard InChI is InChI=1S/C14H21ClN2O2S/c1-11(2)16-10-12-4-3-5-13(15)14(12)17-6-8-20(18,19)9-7-17/h3-5,11,16H,6-10H2,1-2H3. The van der Waals surface area contributed by atoms with Gasteiger partial charge in [0.15, 0.2) is 9.84 Å². The van der Waals surface area contributed by atoms with Gasteiger partial charge in [0.05, 0.1) is 22.2 Å². The molecular weight excluding hydrogens is 296 g/mol. The molecule has 6 heteroatoms. The first-order valence-electron chi connectivity index (χ1n) is 6.85. The largest absolute Gasteiger partial charge is 0.368 e. The Morgan fingerprint density at radius 1 is 1.30 bits per heavy atom. The van der Waals surface area contributed by atoms with Crippen molar-refractivity contribution in [2.75, 3.05) is 29.5 Å². The van der Waals surface area contributed by atoms with Gasteiger partial charge in [-0.15, -0.1) is 0 Å². The van der Waals surface area contributed by atoms with Gasteiger partial charge in [0.2, 0.25) is 0 Å². The van der Waals surface area contributed by atoms with E-state index in [-0.39, 0.29) is 11.5 Å². The molecule has 0 atom stereocenters. The third kappa shape index (κ3) is 3.87. The number of sulfone groups is 1. The second kappa shape index (κ2) is 6.33. The first kappa shape index (κ1) is 15.6. The Morgan fingerprint density at radius 3 is 2.55 bits per heavy atom. The van der Waals surface area contributed by atoms with Gasteiger partial charge >= 0.3 is 0 Å². The predicted octanol–water partition coefficient (Wildman–Crippen LogP) is 2.07. The van der Waals surface area contributed by atoms with Gasteiger partial charge in [-0.1, -0.05) is 37.6 Å². The highest BCUT2D eigenvalue weighted by atomic mass is 35.5. The lowest BCUT2D eigenvalue weighted by molar-refractivity contribution is 0.582. The summed E-state index contributed by atoms with van der Waals surface area (Å²) in [4.78, 5) is 2.08. The summed E-state index contributed by atoms with van der Waals surface area (Å²) >= 11 is 6.33. The summed E-state index contributed by atoms with van der Waals surface area (Å²) in [6.45, 7) is 5.95. The molecule has 1 fully saturated rings. The Labute approximate surface area is 126 Å². The van der Waals surface area contributed by atoms with Gasteiger partial charge in [0.25, 0.3) is 0 Å². The van der Waals surface area contributed by atoms with Crippen LogP contribution in [0, 0.1) is 0 Å². The maximum atomic E-state index is 11.5. The molecule has 1 aliphatic heterocycles. The number of hydrogen-bond acceptors (Lipinski definition) is 4. The minimum absolute atomic E-state index is 0.204. The first-order chi connectivity index (χ1) is 9.39. The third-order valence-corrected chi connectivity index (χ3v) is 5.35. The third-order valence-electron chi connectivity index (χ3n) is 3.43. The van der Waals surface area contributed by atoms with Crippen LogP contribution in [0.3, 0.4) is 0 Å². The molecule has 4 nitrogen and oxygen atoms in total. The second-order valence-corrected chi connectivity index (χ2v) is 8.13. The van der Waals surface area contributed by atoms with Crippen LogP contribution in [0.25, 0.3) is 0 Å². The van der Waals surface area contributed by atoms with E-state index in [1.54, 1.807) is 0 Å². The highest BCUT2D eigenvalue weighted by molar-refractivity contribution is 7.91. The summed E-state index contributed by atoms with van der Waals surface area (Å²) in [7, 11) is -2.88. The fourth-order valence-corrected chi connectivity index (χ4v) is 3.82. The van der Waals surface area contributed by atoms with Gasteiger partial charge in [0.1, 0.15) is 0 Å². The highest BCUT2D eigenvalue weighted by Crippen LogP contribution is 2.31. The minimum atomic E-state index is -2.88. The smallest absolute Gasteiger partial charge is 0.153 e. The zero-order chi connectivity index (χ0) is 14.8. The summed E-state index contributed by atoms with van der Waals surface area (Å²) in [6.07, 6.45) is 0. The van der Waals surface area contributed by atoms with E-state index in [9.17, 15) is 8.42 Å². The van der Waals surface area contributed by atoms with Crippen molar-refractivity contribution in [1.82, 2.24) is 5.32 Å². The van der Waals surface area contributed by atoms with Crippen molar-refractivity contribution in [3.8, 4) is 0 Å². The molecule has 0 unspecified atom stereocenters. The van der Waals surface area contributed by atoms with E-state index >= 15 is 0 Å². The topological polar surface area (TPSA) is 49.4 Å². The Bertz CT molecular complexity index is 559. The average molecular weight is 317 g/mol. The summed E-state index contributed by atoms with van der Waals surface area (Å²) in [5.74, 6) is 0.407. The number of hydrogen-bond donors (Lipinski definition) is 1. The van der Waals surface area contributed by atoms with Crippen LogP contribution in [0.1, 0.15) is 19.4 Å². The first-order valence-corrected chi connectivity index (χ1v) is 9.05. The summed E-state index contributed by atoms with van der Waals surface area (Å²) in [5, 5.41) is 4.07. The van der Waals surface area contributed by atoms with E-state index in [0.29, 0.717) is 24.2 Å². The fraction of sp³-hybridized carbons (Fsp3) is 0.571. The van der Waals surface area contributed by atoms with Crippen LogP contribution in [0.15, 0.2) is 18.2 Å². The number of benzene rings is 1. The number of para-hydroxylation sites is 1. The van der Waals surface area contributed by atoms with Crippen molar-refractivity contribution >= 4 is 27.1 Å². The number of nitrogens with zero attached hydrogens (tertiary/aromatic N) is 1. The molecule has 1 aromatic rings. The molecular formula is C14H21ClN2O2S. The Hall–Kier alpha value is -0.780. The van der Waals surface area contributed by atoms with Gasteiger partial charge in [-0.25, -0.2) is 8.42 Å². The van der Waals surface area contributed by atoms with E-state index in [2.05, 4.69) is 24.1 Å². The van der Waals surface area contributed by atoms with Crippen LogP contribution in [-0.4, -0.2) is 39.1 Å². The van der Waals surface area contributed by atoms with Crippen LogP contribution < -0.4 is 10.2 Å². The lowest BCUT2D eigenvalue weighted by atomic mass is 10.1. The van der Waals surface area contributed by atoms with E-state index < -0.39 is 9.84 Å². The fourth-order valence-electron chi connectivity index (χ4n) is 2.31. The van der Waals surface area contributed by atoms with Crippen LogP contribution >= 0.6 is 11.6 Å². The molecule has 1 saturated heterocycles. The van der Waals surface area contributed by atoms with Gasteiger partial charge in [-0.2, -0.15) is 0 Å². The maximum Gasteiger partial charge on any atom is 0.153 e. The molecule has 0 saturated carbocycles. The monoisotopic (exact) mass is 316 g/mol. The van der Waals surface area contributed by atoms with E-state index in [4.69, 9.17) is 11.6 Å². The second-order valence-electron chi connectivity index (χ2n) is 5.42. The van der Waals surface area contributed by atoms with Crippen molar-refractivity contribution in [2.24, 2.45) is 0 Å².